The number of aromatic hydroxyl groups is 1. The predicted molar refractivity (Wildman–Crippen MR) is 78.5 cm³/mol. The number of hydrogen-bond donors (Lipinski definition) is 2. The van der Waals surface area contributed by atoms with Gasteiger partial charge in [0, 0.05) is 30.8 Å². The van der Waals surface area contributed by atoms with Gasteiger partial charge in [-0.15, -0.1) is 0 Å². The molecule has 2 aromatic rings. The van der Waals surface area contributed by atoms with Gasteiger partial charge in [0.1, 0.15) is 5.75 Å². The van der Waals surface area contributed by atoms with Crippen molar-refractivity contribution in [1.29, 1.82) is 0 Å². The Balaban J connectivity index is 1.92. The van der Waals surface area contributed by atoms with Crippen molar-refractivity contribution < 1.29 is 10.3 Å². The van der Waals surface area contributed by atoms with Crippen molar-refractivity contribution in [3.05, 3.63) is 59.7 Å². The minimum absolute atomic E-state index is 0.283. The molecule has 4 heteroatoms. The molecule has 0 atom stereocenters. The highest BCUT2D eigenvalue weighted by molar-refractivity contribution is 6.06. The average Bonchev–Trinajstić information content (AvgIpc) is 2.48. The summed E-state index contributed by atoms with van der Waals surface area (Å²) in [5, 5.41) is 22.0. The van der Waals surface area contributed by atoms with Crippen molar-refractivity contribution in [3.63, 3.8) is 0 Å². The van der Waals surface area contributed by atoms with Crippen LogP contribution in [0.2, 0.25) is 0 Å². The summed E-state index contributed by atoms with van der Waals surface area (Å²) in [4.78, 5) is 2.23. The van der Waals surface area contributed by atoms with Crippen LogP contribution in [-0.4, -0.2) is 22.6 Å². The molecule has 0 aromatic heterocycles. The Hall–Kier alpha value is -2.49. The fourth-order valence-electron chi connectivity index (χ4n) is 2.63. The van der Waals surface area contributed by atoms with Crippen molar-refractivity contribution in [2.24, 2.45) is 5.16 Å². The van der Waals surface area contributed by atoms with E-state index < -0.39 is 0 Å². The molecular weight excluding hydrogens is 252 g/mol. The lowest BCUT2D eigenvalue weighted by molar-refractivity contribution is 0.317. The molecule has 0 aliphatic carbocycles. The van der Waals surface area contributed by atoms with Crippen LogP contribution in [0, 0.1) is 0 Å². The maximum Gasteiger partial charge on any atom is 0.115 e. The Morgan fingerprint density at radius 2 is 1.95 bits per heavy atom. The van der Waals surface area contributed by atoms with E-state index in [2.05, 4.69) is 10.1 Å². The molecule has 0 radical (unpaired) electrons. The quantitative estimate of drug-likeness (QED) is 0.650. The first-order chi connectivity index (χ1) is 9.78. The number of oxime groups is 1. The molecule has 1 heterocycles. The number of hydrogen-bond acceptors (Lipinski definition) is 4. The summed E-state index contributed by atoms with van der Waals surface area (Å²) in [6.45, 7) is 1.52. The van der Waals surface area contributed by atoms with Crippen LogP contribution in [0.1, 0.15) is 17.5 Å². The van der Waals surface area contributed by atoms with Gasteiger partial charge in [0.05, 0.1) is 5.71 Å². The number of nitrogens with zero attached hydrogens (tertiary/aromatic N) is 2. The zero-order chi connectivity index (χ0) is 13.9. The summed E-state index contributed by atoms with van der Waals surface area (Å²) in [5.41, 5.74) is 3.83. The summed E-state index contributed by atoms with van der Waals surface area (Å²) in [7, 11) is 0. The van der Waals surface area contributed by atoms with Gasteiger partial charge in [0.15, 0.2) is 0 Å². The number of phenolic OH excluding ortho intramolecular Hbond substituents is 1. The first-order valence-electron chi connectivity index (χ1n) is 6.61. The van der Waals surface area contributed by atoms with Gasteiger partial charge in [0.25, 0.3) is 0 Å². The van der Waals surface area contributed by atoms with E-state index in [1.165, 1.54) is 0 Å². The van der Waals surface area contributed by atoms with E-state index in [1.807, 2.05) is 36.4 Å². The molecule has 0 fully saturated rings. The van der Waals surface area contributed by atoms with E-state index in [4.69, 9.17) is 5.21 Å². The van der Waals surface area contributed by atoms with E-state index in [0.717, 1.165) is 35.6 Å². The smallest absolute Gasteiger partial charge is 0.115 e. The van der Waals surface area contributed by atoms with Crippen LogP contribution in [0.25, 0.3) is 0 Å². The first kappa shape index (κ1) is 12.5. The van der Waals surface area contributed by atoms with Crippen LogP contribution >= 0.6 is 0 Å². The monoisotopic (exact) mass is 268 g/mol. The summed E-state index contributed by atoms with van der Waals surface area (Å²) < 4.78 is 0. The third-order valence-corrected chi connectivity index (χ3v) is 3.58. The highest BCUT2D eigenvalue weighted by atomic mass is 16.4. The normalized spacial score (nSPS) is 16.2. The Bertz CT molecular complexity index is 652. The summed E-state index contributed by atoms with van der Waals surface area (Å²) in [6, 6.07) is 15.2. The highest BCUT2D eigenvalue weighted by Gasteiger charge is 2.21. The second-order valence-corrected chi connectivity index (χ2v) is 4.91. The maximum atomic E-state index is 9.55. The van der Waals surface area contributed by atoms with Crippen LogP contribution in [-0.2, 0) is 6.54 Å². The average molecular weight is 268 g/mol. The summed E-state index contributed by atoms with van der Waals surface area (Å²) in [6.07, 6.45) is 0.715. The molecule has 3 rings (SSSR count). The molecule has 1 aliphatic heterocycles. The van der Waals surface area contributed by atoms with Crippen LogP contribution in [0.4, 0.5) is 5.69 Å². The Labute approximate surface area is 117 Å². The molecule has 20 heavy (non-hydrogen) atoms. The molecule has 1 aliphatic rings. The van der Waals surface area contributed by atoms with E-state index >= 15 is 0 Å². The topological polar surface area (TPSA) is 56.1 Å². The Kier molecular flexibility index (Phi) is 3.29. The molecule has 0 amide bonds. The van der Waals surface area contributed by atoms with Crippen molar-refractivity contribution in [2.45, 2.75) is 13.0 Å². The molecular formula is C16H16N2O2. The van der Waals surface area contributed by atoms with Crippen molar-refractivity contribution in [3.8, 4) is 5.75 Å². The number of rotatable bonds is 2. The highest BCUT2D eigenvalue weighted by Crippen LogP contribution is 2.29. The number of benzene rings is 2. The first-order valence-corrected chi connectivity index (χ1v) is 6.61. The minimum Gasteiger partial charge on any atom is -0.508 e. The third kappa shape index (κ3) is 2.32. The number of phenols is 1. The number of anilines is 1. The third-order valence-electron chi connectivity index (χ3n) is 3.58. The summed E-state index contributed by atoms with van der Waals surface area (Å²) in [5.74, 6) is 0.283. The Morgan fingerprint density at radius 3 is 2.75 bits per heavy atom. The largest absolute Gasteiger partial charge is 0.508 e. The molecule has 0 spiro atoms. The predicted octanol–water partition coefficient (Wildman–Crippen LogP) is 2.98. The van der Waals surface area contributed by atoms with E-state index in [9.17, 15) is 5.11 Å². The van der Waals surface area contributed by atoms with Gasteiger partial charge in [-0.2, -0.15) is 0 Å². The molecule has 4 nitrogen and oxygen atoms in total. The Morgan fingerprint density at radius 1 is 1.10 bits per heavy atom. The molecule has 0 bridgehead atoms. The van der Waals surface area contributed by atoms with Crippen LogP contribution < -0.4 is 4.90 Å². The molecule has 2 N–H and O–H groups in total. The van der Waals surface area contributed by atoms with Gasteiger partial charge >= 0.3 is 0 Å². The van der Waals surface area contributed by atoms with E-state index in [1.54, 1.807) is 12.1 Å². The van der Waals surface area contributed by atoms with Crippen molar-refractivity contribution in [1.82, 2.24) is 0 Å². The van der Waals surface area contributed by atoms with Gasteiger partial charge in [-0.05, 0) is 23.8 Å². The lowest BCUT2D eigenvalue weighted by Gasteiger charge is -2.31. The minimum atomic E-state index is 0.283. The van der Waals surface area contributed by atoms with Gasteiger partial charge in [-0.1, -0.05) is 35.5 Å². The standard InChI is InChI=1S/C16H16N2O2/c19-13-5-3-4-12(10-13)11-18-9-8-15(17-20)14-6-1-2-7-16(14)18/h1-7,10,19-20H,8-9,11H2/b17-15-. The zero-order valence-corrected chi connectivity index (χ0v) is 11.0. The van der Waals surface area contributed by atoms with Crippen LogP contribution in [0.15, 0.2) is 53.7 Å². The van der Waals surface area contributed by atoms with Gasteiger partial charge in [0.2, 0.25) is 0 Å². The molecule has 102 valence electrons. The molecule has 0 unspecified atom stereocenters. The van der Waals surface area contributed by atoms with Gasteiger partial charge < -0.3 is 15.2 Å². The van der Waals surface area contributed by atoms with Crippen LogP contribution in [0.5, 0.6) is 5.75 Å². The SMILES string of the molecule is O/N=C1/CCN(Cc2cccc(O)c2)c2ccccc21. The van der Waals surface area contributed by atoms with Gasteiger partial charge in [-0.3, -0.25) is 0 Å². The lowest BCUT2D eigenvalue weighted by atomic mass is 9.99. The van der Waals surface area contributed by atoms with Crippen molar-refractivity contribution in [2.75, 3.05) is 11.4 Å². The molecule has 0 saturated heterocycles. The maximum absolute atomic E-state index is 9.55. The number of para-hydroxylation sites is 1. The molecule has 0 saturated carbocycles. The second kappa shape index (κ2) is 5.25. The fraction of sp³-hybridized carbons (Fsp3) is 0.188. The van der Waals surface area contributed by atoms with Crippen molar-refractivity contribution >= 4 is 11.4 Å². The van der Waals surface area contributed by atoms with E-state index in [0.29, 0.717) is 6.42 Å². The van der Waals surface area contributed by atoms with E-state index in [-0.39, 0.29) is 5.75 Å². The van der Waals surface area contributed by atoms with Gasteiger partial charge in [-0.25, -0.2) is 0 Å². The zero-order valence-electron chi connectivity index (χ0n) is 11.0. The summed E-state index contributed by atoms with van der Waals surface area (Å²) >= 11 is 0. The van der Waals surface area contributed by atoms with Crippen LogP contribution in [0.3, 0.4) is 0 Å². The number of fused-ring (bicyclic) bond motifs is 1. The molecule has 2 aromatic carbocycles. The lowest BCUT2D eigenvalue weighted by Crippen LogP contribution is -2.31. The second-order valence-electron chi connectivity index (χ2n) is 4.91. The fourth-order valence-corrected chi connectivity index (χ4v) is 2.63.